The van der Waals surface area contributed by atoms with Crippen molar-refractivity contribution >= 4 is 11.8 Å². The van der Waals surface area contributed by atoms with E-state index in [1.807, 2.05) is 23.1 Å². The first-order chi connectivity index (χ1) is 13.0. The highest BCUT2D eigenvalue weighted by Crippen LogP contribution is 2.28. The van der Waals surface area contributed by atoms with Crippen LogP contribution < -0.4 is 5.73 Å². The van der Waals surface area contributed by atoms with Gasteiger partial charge in [0.15, 0.2) is 0 Å². The maximum atomic E-state index is 13.4. The van der Waals surface area contributed by atoms with Crippen molar-refractivity contribution in [2.45, 2.75) is 31.7 Å². The highest BCUT2D eigenvalue weighted by Gasteiger charge is 2.34. The fraction of sp³-hybridized carbons (Fsp3) is 0.619. The quantitative estimate of drug-likeness (QED) is 0.821. The lowest BCUT2D eigenvalue weighted by Gasteiger charge is -2.41. The van der Waals surface area contributed by atoms with Crippen molar-refractivity contribution in [1.29, 1.82) is 0 Å². The summed E-state index contributed by atoms with van der Waals surface area (Å²) in [5.74, 6) is 0.493. The molecule has 2 saturated heterocycles. The van der Waals surface area contributed by atoms with Crippen molar-refractivity contribution in [2.75, 3.05) is 46.3 Å². The lowest BCUT2D eigenvalue weighted by atomic mass is 9.91. The smallest absolute Gasteiger partial charge is 0.244 e. The van der Waals surface area contributed by atoms with Crippen LogP contribution in [0.4, 0.5) is 0 Å². The van der Waals surface area contributed by atoms with Crippen molar-refractivity contribution in [3.63, 3.8) is 0 Å². The number of nitrogens with zero attached hydrogens (tertiary/aromatic N) is 3. The second kappa shape index (κ2) is 9.33. The van der Waals surface area contributed by atoms with E-state index in [4.69, 9.17) is 5.73 Å². The minimum Gasteiger partial charge on any atom is -0.370 e. The summed E-state index contributed by atoms with van der Waals surface area (Å²) < 4.78 is 0. The maximum Gasteiger partial charge on any atom is 0.244 e. The van der Waals surface area contributed by atoms with E-state index in [9.17, 15) is 9.59 Å². The zero-order valence-corrected chi connectivity index (χ0v) is 16.3. The average molecular weight is 373 g/mol. The van der Waals surface area contributed by atoms with Crippen LogP contribution in [0.3, 0.4) is 0 Å². The first-order valence-electron chi connectivity index (χ1n) is 10.1. The van der Waals surface area contributed by atoms with Gasteiger partial charge in [-0.15, -0.1) is 0 Å². The molecule has 0 spiro atoms. The predicted octanol–water partition coefficient (Wildman–Crippen LogP) is 1.48. The Kier molecular flexibility index (Phi) is 6.85. The molecule has 0 bridgehead atoms. The number of benzene rings is 1. The van der Waals surface area contributed by atoms with E-state index in [0.717, 1.165) is 64.1 Å². The van der Waals surface area contributed by atoms with Crippen LogP contribution >= 0.6 is 0 Å². The summed E-state index contributed by atoms with van der Waals surface area (Å²) in [7, 11) is 2.13. The summed E-state index contributed by atoms with van der Waals surface area (Å²) in [6.07, 6.45) is 3.22. The highest BCUT2D eigenvalue weighted by atomic mass is 16.2. The Labute approximate surface area is 162 Å². The Morgan fingerprint density at radius 2 is 1.67 bits per heavy atom. The molecule has 0 unspecified atom stereocenters. The van der Waals surface area contributed by atoms with Crippen LogP contribution in [0.5, 0.6) is 0 Å². The molecule has 0 aliphatic carbocycles. The number of piperazine rings is 1. The topological polar surface area (TPSA) is 69.9 Å². The third-order valence-electron chi connectivity index (χ3n) is 5.98. The molecular formula is C21H32N4O2. The molecule has 2 N–H and O–H groups in total. The molecule has 1 atom stereocenters. The number of hydrogen-bond donors (Lipinski definition) is 1. The molecule has 3 rings (SSSR count). The average Bonchev–Trinajstić information content (AvgIpc) is 2.69. The third kappa shape index (κ3) is 5.30. The van der Waals surface area contributed by atoms with Crippen LogP contribution in [0.15, 0.2) is 30.3 Å². The lowest BCUT2D eigenvalue weighted by Crippen LogP contribution is -2.51. The number of likely N-dealkylation sites (N-methyl/N-ethyl adjacent to an activating group) is 1. The zero-order valence-electron chi connectivity index (χ0n) is 16.3. The molecule has 2 heterocycles. The van der Waals surface area contributed by atoms with Crippen LogP contribution in [0.25, 0.3) is 0 Å². The Morgan fingerprint density at radius 1 is 1.04 bits per heavy atom. The minimum atomic E-state index is -0.229. The Morgan fingerprint density at radius 3 is 2.26 bits per heavy atom. The number of carbonyl (C=O) groups is 2. The Balaban J connectivity index is 1.66. The number of carbonyl (C=O) groups excluding carboxylic acids is 2. The van der Waals surface area contributed by atoms with E-state index in [2.05, 4.69) is 29.0 Å². The van der Waals surface area contributed by atoms with Gasteiger partial charge < -0.3 is 15.5 Å². The van der Waals surface area contributed by atoms with Gasteiger partial charge in [-0.05, 0) is 37.8 Å². The van der Waals surface area contributed by atoms with Crippen molar-refractivity contribution in [3.8, 4) is 0 Å². The van der Waals surface area contributed by atoms with Crippen LogP contribution in [-0.2, 0) is 9.59 Å². The number of primary amides is 1. The summed E-state index contributed by atoms with van der Waals surface area (Å²) in [6, 6.07) is 9.98. The number of likely N-dealkylation sites (tertiary alicyclic amines) is 1. The van der Waals surface area contributed by atoms with Crippen molar-refractivity contribution in [1.82, 2.24) is 14.7 Å². The standard InChI is InChI=1S/C21H32N4O2/c1-23-13-15-24(16-14-23)20(18-5-3-2-4-6-18)21(27)25-11-9-17(10-12-25)7-8-19(22)26/h2-6,17,20H,7-16H2,1H3,(H2,22,26)/t20-/m0/s1. The largest absolute Gasteiger partial charge is 0.370 e. The van der Waals surface area contributed by atoms with E-state index in [1.54, 1.807) is 0 Å². The summed E-state index contributed by atoms with van der Waals surface area (Å²) >= 11 is 0. The first kappa shape index (κ1) is 19.8. The number of piperidine rings is 1. The summed E-state index contributed by atoms with van der Waals surface area (Å²) in [4.78, 5) is 31.1. The van der Waals surface area contributed by atoms with Gasteiger partial charge in [-0.3, -0.25) is 14.5 Å². The van der Waals surface area contributed by atoms with Gasteiger partial charge >= 0.3 is 0 Å². The second-order valence-electron chi connectivity index (χ2n) is 7.93. The van der Waals surface area contributed by atoms with E-state index in [0.29, 0.717) is 12.3 Å². The fourth-order valence-electron chi connectivity index (χ4n) is 4.19. The first-order valence-corrected chi connectivity index (χ1v) is 10.1. The molecule has 0 saturated carbocycles. The van der Waals surface area contributed by atoms with Crippen molar-refractivity contribution in [3.05, 3.63) is 35.9 Å². The molecule has 1 aromatic carbocycles. The Bertz CT molecular complexity index is 620. The molecule has 2 aliphatic heterocycles. The van der Waals surface area contributed by atoms with E-state index < -0.39 is 0 Å². The molecule has 0 radical (unpaired) electrons. The van der Waals surface area contributed by atoms with Crippen molar-refractivity contribution in [2.24, 2.45) is 11.7 Å². The van der Waals surface area contributed by atoms with E-state index in [1.165, 1.54) is 0 Å². The number of amides is 2. The fourth-order valence-corrected chi connectivity index (χ4v) is 4.19. The Hall–Kier alpha value is -1.92. The number of rotatable bonds is 6. The van der Waals surface area contributed by atoms with Gasteiger partial charge in [-0.25, -0.2) is 0 Å². The maximum absolute atomic E-state index is 13.4. The van der Waals surface area contributed by atoms with Gasteiger partial charge in [0, 0.05) is 45.7 Å². The molecule has 6 nitrogen and oxygen atoms in total. The SMILES string of the molecule is CN1CCN([C@H](C(=O)N2CCC(CCC(N)=O)CC2)c2ccccc2)CC1. The lowest BCUT2D eigenvalue weighted by molar-refractivity contribution is -0.139. The molecule has 1 aromatic rings. The van der Waals surface area contributed by atoms with Crippen LogP contribution in [0.2, 0.25) is 0 Å². The molecule has 27 heavy (non-hydrogen) atoms. The monoisotopic (exact) mass is 372 g/mol. The van der Waals surface area contributed by atoms with E-state index >= 15 is 0 Å². The van der Waals surface area contributed by atoms with Gasteiger partial charge in [-0.2, -0.15) is 0 Å². The minimum absolute atomic E-state index is 0.193. The molecule has 6 heteroatoms. The van der Waals surface area contributed by atoms with Crippen LogP contribution in [0.1, 0.15) is 37.3 Å². The second-order valence-corrected chi connectivity index (χ2v) is 7.93. The van der Waals surface area contributed by atoms with Gasteiger partial charge in [0.2, 0.25) is 11.8 Å². The predicted molar refractivity (Wildman–Crippen MR) is 106 cm³/mol. The molecule has 2 aliphatic rings. The van der Waals surface area contributed by atoms with Gasteiger partial charge in [0.05, 0.1) is 0 Å². The van der Waals surface area contributed by atoms with Crippen LogP contribution in [0, 0.1) is 5.92 Å². The van der Waals surface area contributed by atoms with Gasteiger partial charge in [-0.1, -0.05) is 30.3 Å². The molecular weight excluding hydrogens is 340 g/mol. The number of hydrogen-bond acceptors (Lipinski definition) is 4. The van der Waals surface area contributed by atoms with E-state index in [-0.39, 0.29) is 17.9 Å². The molecule has 0 aromatic heterocycles. The van der Waals surface area contributed by atoms with Crippen molar-refractivity contribution < 1.29 is 9.59 Å². The molecule has 148 valence electrons. The van der Waals surface area contributed by atoms with Gasteiger partial charge in [0.1, 0.15) is 6.04 Å². The molecule has 2 amide bonds. The summed E-state index contributed by atoms with van der Waals surface area (Å²) in [5, 5.41) is 0. The summed E-state index contributed by atoms with van der Waals surface area (Å²) in [6.45, 7) is 5.37. The number of nitrogens with two attached hydrogens (primary N) is 1. The summed E-state index contributed by atoms with van der Waals surface area (Å²) in [5.41, 5.74) is 6.36. The highest BCUT2D eigenvalue weighted by molar-refractivity contribution is 5.83. The normalized spacial score (nSPS) is 21.1. The van der Waals surface area contributed by atoms with Gasteiger partial charge in [0.25, 0.3) is 0 Å². The third-order valence-corrected chi connectivity index (χ3v) is 5.98. The zero-order chi connectivity index (χ0) is 19.2. The molecule has 2 fully saturated rings. The van der Waals surface area contributed by atoms with Crippen LogP contribution in [-0.4, -0.2) is 72.8 Å².